The van der Waals surface area contributed by atoms with Gasteiger partial charge in [-0.1, -0.05) is 6.92 Å². The van der Waals surface area contributed by atoms with Crippen LogP contribution in [-0.2, 0) is 0 Å². The molecule has 0 bridgehead atoms. The van der Waals surface area contributed by atoms with Gasteiger partial charge >= 0.3 is 0 Å². The number of nitrogens with zero attached hydrogens (tertiary/aromatic N) is 3. The van der Waals surface area contributed by atoms with Crippen molar-refractivity contribution in [1.82, 2.24) is 14.8 Å². The molecule has 0 aliphatic carbocycles. The molecule has 0 saturated carbocycles. The maximum atomic E-state index is 12.7. The number of amides is 1. The highest BCUT2D eigenvalue weighted by atomic mass is 16.2. The molecule has 5 nitrogen and oxygen atoms in total. The molecule has 110 valence electrons. The zero-order chi connectivity index (χ0) is 14.4. The quantitative estimate of drug-likeness (QED) is 0.909. The van der Waals surface area contributed by atoms with E-state index in [-0.39, 0.29) is 5.91 Å². The van der Waals surface area contributed by atoms with Crippen LogP contribution in [-0.4, -0.2) is 60.5 Å². The molecular weight excluding hydrogens is 252 g/mol. The Morgan fingerprint density at radius 1 is 1.35 bits per heavy atom. The number of pyridine rings is 1. The molecule has 0 aromatic carbocycles. The summed E-state index contributed by atoms with van der Waals surface area (Å²) in [4.78, 5) is 21.0. The van der Waals surface area contributed by atoms with Crippen LogP contribution in [0.3, 0.4) is 0 Å². The molecule has 1 aromatic rings. The lowest BCUT2D eigenvalue weighted by molar-refractivity contribution is 0.0763. The molecule has 1 aromatic heterocycles. The minimum atomic E-state index is 0.112. The molecule has 1 fully saturated rings. The molecule has 0 atom stereocenters. The van der Waals surface area contributed by atoms with Gasteiger partial charge in [-0.25, -0.2) is 0 Å². The first-order chi connectivity index (χ1) is 9.72. The molecule has 1 aliphatic heterocycles. The summed E-state index contributed by atoms with van der Waals surface area (Å²) >= 11 is 0. The summed E-state index contributed by atoms with van der Waals surface area (Å²) in [5.41, 5.74) is 1.58. The van der Waals surface area contributed by atoms with Crippen molar-refractivity contribution in [3.63, 3.8) is 0 Å². The van der Waals surface area contributed by atoms with Crippen molar-refractivity contribution >= 4 is 11.6 Å². The molecule has 1 amide bonds. The second-order valence-corrected chi connectivity index (χ2v) is 5.30. The van der Waals surface area contributed by atoms with E-state index in [0.29, 0.717) is 0 Å². The first-order valence-corrected chi connectivity index (χ1v) is 7.38. The van der Waals surface area contributed by atoms with Crippen LogP contribution in [0.15, 0.2) is 18.5 Å². The fourth-order valence-electron chi connectivity index (χ4n) is 2.40. The first kappa shape index (κ1) is 14.8. The number of hydrogen-bond donors (Lipinski definition) is 1. The second-order valence-electron chi connectivity index (χ2n) is 5.30. The van der Waals surface area contributed by atoms with Gasteiger partial charge in [-0.05, 0) is 32.5 Å². The third-order valence-corrected chi connectivity index (χ3v) is 3.62. The number of aromatic nitrogens is 1. The third kappa shape index (κ3) is 3.70. The molecule has 2 rings (SSSR count). The zero-order valence-corrected chi connectivity index (χ0v) is 12.4. The molecule has 0 spiro atoms. The van der Waals surface area contributed by atoms with Gasteiger partial charge in [0.1, 0.15) is 0 Å². The van der Waals surface area contributed by atoms with Gasteiger partial charge < -0.3 is 15.1 Å². The molecule has 2 heterocycles. The lowest BCUT2D eigenvalue weighted by Crippen LogP contribution is -2.35. The summed E-state index contributed by atoms with van der Waals surface area (Å²) in [5.74, 6) is 0.112. The van der Waals surface area contributed by atoms with Crippen LogP contribution >= 0.6 is 0 Å². The van der Waals surface area contributed by atoms with Crippen molar-refractivity contribution in [2.24, 2.45) is 0 Å². The fraction of sp³-hybridized carbons (Fsp3) is 0.600. The highest BCUT2D eigenvalue weighted by molar-refractivity contribution is 5.99. The Kier molecular flexibility index (Phi) is 5.35. The number of hydrogen-bond acceptors (Lipinski definition) is 4. The monoisotopic (exact) mass is 276 g/mol. The van der Waals surface area contributed by atoms with E-state index >= 15 is 0 Å². The Bertz CT molecular complexity index is 449. The van der Waals surface area contributed by atoms with E-state index in [1.54, 1.807) is 12.4 Å². The standard InChI is InChI=1S/C15H24N4O/c1-3-6-17-14-12-16-7-5-13(14)15(20)19-9-4-8-18(2)10-11-19/h5,7,12,17H,3-4,6,8-11H2,1-2H3. The molecule has 0 unspecified atom stereocenters. The van der Waals surface area contributed by atoms with E-state index in [1.165, 1.54) is 0 Å². The van der Waals surface area contributed by atoms with E-state index in [9.17, 15) is 4.79 Å². The van der Waals surface area contributed by atoms with E-state index in [1.807, 2.05) is 11.0 Å². The Hall–Kier alpha value is -1.62. The fourth-order valence-corrected chi connectivity index (χ4v) is 2.40. The van der Waals surface area contributed by atoms with Crippen LogP contribution in [0.1, 0.15) is 30.1 Å². The lowest BCUT2D eigenvalue weighted by atomic mass is 10.2. The topological polar surface area (TPSA) is 48.5 Å². The summed E-state index contributed by atoms with van der Waals surface area (Å²) in [5, 5.41) is 3.29. The molecule has 1 saturated heterocycles. The van der Waals surface area contributed by atoms with Gasteiger partial charge in [0.15, 0.2) is 0 Å². The number of nitrogens with one attached hydrogen (secondary N) is 1. The average Bonchev–Trinajstić information content (AvgIpc) is 2.69. The van der Waals surface area contributed by atoms with Gasteiger partial charge in [0.2, 0.25) is 0 Å². The number of likely N-dealkylation sites (N-methyl/N-ethyl adjacent to an activating group) is 1. The van der Waals surface area contributed by atoms with Crippen LogP contribution in [0.25, 0.3) is 0 Å². The Balaban J connectivity index is 2.11. The normalized spacial score (nSPS) is 16.8. The SMILES string of the molecule is CCCNc1cnccc1C(=O)N1CCCN(C)CC1. The van der Waals surface area contributed by atoms with Gasteiger partial charge in [-0.3, -0.25) is 9.78 Å². The molecule has 5 heteroatoms. The van der Waals surface area contributed by atoms with Gasteiger partial charge in [0.05, 0.1) is 17.4 Å². The predicted octanol–water partition coefficient (Wildman–Crippen LogP) is 1.68. The Morgan fingerprint density at radius 2 is 2.20 bits per heavy atom. The van der Waals surface area contributed by atoms with Crippen LogP contribution in [0.4, 0.5) is 5.69 Å². The van der Waals surface area contributed by atoms with Crippen molar-refractivity contribution in [2.75, 3.05) is 45.1 Å². The molecule has 0 radical (unpaired) electrons. The van der Waals surface area contributed by atoms with Crippen molar-refractivity contribution in [2.45, 2.75) is 19.8 Å². The number of anilines is 1. The summed E-state index contributed by atoms with van der Waals surface area (Å²) in [6.07, 6.45) is 5.49. The first-order valence-electron chi connectivity index (χ1n) is 7.38. The zero-order valence-electron chi connectivity index (χ0n) is 12.4. The minimum Gasteiger partial charge on any atom is -0.383 e. The summed E-state index contributed by atoms with van der Waals surface area (Å²) < 4.78 is 0. The van der Waals surface area contributed by atoms with Gasteiger partial charge in [-0.2, -0.15) is 0 Å². The van der Waals surface area contributed by atoms with E-state index in [4.69, 9.17) is 0 Å². The Morgan fingerprint density at radius 3 is 3.00 bits per heavy atom. The molecule has 1 N–H and O–H groups in total. The van der Waals surface area contributed by atoms with Crippen LogP contribution < -0.4 is 5.32 Å². The highest BCUT2D eigenvalue weighted by Gasteiger charge is 2.21. The van der Waals surface area contributed by atoms with Gasteiger partial charge in [0, 0.05) is 32.4 Å². The summed E-state index contributed by atoms with van der Waals surface area (Å²) in [7, 11) is 2.11. The van der Waals surface area contributed by atoms with E-state index in [2.05, 4.69) is 29.2 Å². The third-order valence-electron chi connectivity index (χ3n) is 3.62. The van der Waals surface area contributed by atoms with Crippen molar-refractivity contribution < 1.29 is 4.79 Å². The maximum absolute atomic E-state index is 12.7. The van der Waals surface area contributed by atoms with E-state index in [0.717, 1.165) is 56.8 Å². The number of rotatable bonds is 4. The summed E-state index contributed by atoms with van der Waals surface area (Å²) in [6.45, 7) is 6.59. The Labute approximate surface area is 121 Å². The minimum absolute atomic E-state index is 0.112. The summed E-state index contributed by atoms with van der Waals surface area (Å²) in [6, 6.07) is 1.81. The number of carbonyl (C=O) groups excluding carboxylic acids is 1. The van der Waals surface area contributed by atoms with Crippen molar-refractivity contribution in [3.05, 3.63) is 24.0 Å². The van der Waals surface area contributed by atoms with Gasteiger partial charge in [0.25, 0.3) is 5.91 Å². The highest BCUT2D eigenvalue weighted by Crippen LogP contribution is 2.17. The van der Waals surface area contributed by atoms with Crippen molar-refractivity contribution in [3.8, 4) is 0 Å². The second kappa shape index (κ2) is 7.24. The molecule has 20 heavy (non-hydrogen) atoms. The molecular formula is C15H24N4O. The van der Waals surface area contributed by atoms with Gasteiger partial charge in [-0.15, -0.1) is 0 Å². The maximum Gasteiger partial charge on any atom is 0.256 e. The predicted molar refractivity (Wildman–Crippen MR) is 81.0 cm³/mol. The lowest BCUT2D eigenvalue weighted by Gasteiger charge is -2.22. The van der Waals surface area contributed by atoms with Crippen molar-refractivity contribution in [1.29, 1.82) is 0 Å². The van der Waals surface area contributed by atoms with Crippen LogP contribution in [0, 0.1) is 0 Å². The van der Waals surface area contributed by atoms with Crippen LogP contribution in [0.5, 0.6) is 0 Å². The van der Waals surface area contributed by atoms with E-state index < -0.39 is 0 Å². The smallest absolute Gasteiger partial charge is 0.256 e. The number of carbonyl (C=O) groups is 1. The van der Waals surface area contributed by atoms with Crippen LogP contribution in [0.2, 0.25) is 0 Å². The largest absolute Gasteiger partial charge is 0.383 e. The average molecular weight is 276 g/mol. The molecule has 1 aliphatic rings.